The van der Waals surface area contributed by atoms with Gasteiger partial charge in [0, 0.05) is 23.1 Å². The van der Waals surface area contributed by atoms with Gasteiger partial charge in [0.25, 0.3) is 5.91 Å². The maximum absolute atomic E-state index is 13.1. The molecule has 0 radical (unpaired) electrons. The van der Waals surface area contributed by atoms with Crippen LogP contribution in [0.1, 0.15) is 53.9 Å². The molecule has 1 atom stereocenters. The van der Waals surface area contributed by atoms with Crippen molar-refractivity contribution in [3.8, 4) is 5.75 Å². The van der Waals surface area contributed by atoms with Gasteiger partial charge in [0.15, 0.2) is 0 Å². The van der Waals surface area contributed by atoms with Gasteiger partial charge in [-0.3, -0.25) is 4.79 Å². The van der Waals surface area contributed by atoms with E-state index >= 15 is 0 Å². The standard InChI is InChI=1S/C23H33NO3/c1-6-14-26-21-13-12-20(18-10-8-9-11-19(18)21)24-22(25)23(5,16-17(3)4)27-15-7-2/h8-13,17H,6-7,14-16H2,1-5H3,(H,24,25)/t23-/m0/s1. The van der Waals surface area contributed by atoms with Gasteiger partial charge in [0.05, 0.1) is 6.61 Å². The molecule has 0 aliphatic rings. The van der Waals surface area contributed by atoms with E-state index in [1.54, 1.807) is 0 Å². The molecule has 0 aliphatic carbocycles. The van der Waals surface area contributed by atoms with Crippen LogP contribution in [0, 0.1) is 5.92 Å². The van der Waals surface area contributed by atoms with Gasteiger partial charge in [0.2, 0.25) is 0 Å². The van der Waals surface area contributed by atoms with E-state index in [9.17, 15) is 4.79 Å². The highest BCUT2D eigenvalue weighted by Crippen LogP contribution is 2.33. The minimum Gasteiger partial charge on any atom is -0.493 e. The number of benzene rings is 2. The van der Waals surface area contributed by atoms with Crippen molar-refractivity contribution in [2.45, 2.75) is 59.5 Å². The van der Waals surface area contributed by atoms with Crippen molar-refractivity contribution in [1.82, 2.24) is 0 Å². The van der Waals surface area contributed by atoms with E-state index in [2.05, 4.69) is 33.0 Å². The van der Waals surface area contributed by atoms with Crippen LogP contribution in [0.15, 0.2) is 36.4 Å². The predicted molar refractivity (Wildman–Crippen MR) is 112 cm³/mol. The Labute approximate surface area is 163 Å². The van der Waals surface area contributed by atoms with Crippen molar-refractivity contribution in [3.63, 3.8) is 0 Å². The Balaban J connectivity index is 2.32. The number of fused-ring (bicyclic) bond motifs is 1. The van der Waals surface area contributed by atoms with E-state index in [1.807, 2.05) is 43.3 Å². The molecule has 1 amide bonds. The van der Waals surface area contributed by atoms with Gasteiger partial charge in [-0.1, -0.05) is 52.0 Å². The second kappa shape index (κ2) is 9.75. The minimum absolute atomic E-state index is 0.1000. The number of hydrogen-bond donors (Lipinski definition) is 1. The third kappa shape index (κ3) is 5.46. The lowest BCUT2D eigenvalue weighted by Gasteiger charge is -2.30. The Hall–Kier alpha value is -2.07. The number of hydrogen-bond acceptors (Lipinski definition) is 3. The van der Waals surface area contributed by atoms with E-state index in [1.165, 1.54) is 0 Å². The quantitative estimate of drug-likeness (QED) is 0.574. The van der Waals surface area contributed by atoms with Gasteiger partial charge in [-0.05, 0) is 44.2 Å². The molecule has 0 bridgehead atoms. The molecule has 2 aromatic carbocycles. The van der Waals surface area contributed by atoms with Crippen LogP contribution in [-0.2, 0) is 9.53 Å². The first-order chi connectivity index (χ1) is 12.9. The van der Waals surface area contributed by atoms with E-state index in [-0.39, 0.29) is 5.91 Å². The smallest absolute Gasteiger partial charge is 0.256 e. The molecule has 0 saturated carbocycles. The first-order valence-corrected chi connectivity index (χ1v) is 10.0. The third-order valence-electron chi connectivity index (χ3n) is 4.50. The molecule has 0 heterocycles. The number of rotatable bonds is 10. The lowest BCUT2D eigenvalue weighted by molar-refractivity contribution is -0.141. The zero-order valence-electron chi connectivity index (χ0n) is 17.3. The molecule has 0 unspecified atom stereocenters. The summed E-state index contributed by atoms with van der Waals surface area (Å²) in [7, 11) is 0. The molecule has 0 aliphatic heterocycles. The van der Waals surface area contributed by atoms with Crippen LogP contribution in [0.3, 0.4) is 0 Å². The lowest BCUT2D eigenvalue weighted by atomic mass is 9.92. The molecule has 1 N–H and O–H groups in total. The van der Waals surface area contributed by atoms with Crippen LogP contribution in [0.5, 0.6) is 5.75 Å². The Morgan fingerprint density at radius 2 is 1.70 bits per heavy atom. The van der Waals surface area contributed by atoms with Crippen LogP contribution in [0.4, 0.5) is 5.69 Å². The highest BCUT2D eigenvalue weighted by molar-refractivity contribution is 6.06. The summed E-state index contributed by atoms with van der Waals surface area (Å²) in [5.74, 6) is 1.11. The Kier molecular flexibility index (Phi) is 7.66. The number of ether oxygens (including phenoxy) is 2. The maximum Gasteiger partial charge on any atom is 0.256 e. The summed E-state index contributed by atoms with van der Waals surface area (Å²) in [5.41, 5.74) is -0.0580. The molecule has 148 valence electrons. The largest absolute Gasteiger partial charge is 0.493 e. The molecule has 0 aromatic heterocycles. The number of anilines is 1. The minimum atomic E-state index is -0.845. The fourth-order valence-corrected chi connectivity index (χ4v) is 3.30. The summed E-state index contributed by atoms with van der Waals surface area (Å²) in [6.45, 7) is 11.5. The normalized spacial score (nSPS) is 13.6. The lowest BCUT2D eigenvalue weighted by Crippen LogP contribution is -2.44. The van der Waals surface area contributed by atoms with E-state index in [4.69, 9.17) is 9.47 Å². The first-order valence-electron chi connectivity index (χ1n) is 10.0. The summed E-state index contributed by atoms with van der Waals surface area (Å²) in [4.78, 5) is 13.1. The monoisotopic (exact) mass is 371 g/mol. The van der Waals surface area contributed by atoms with Crippen LogP contribution in [0.25, 0.3) is 10.8 Å². The van der Waals surface area contributed by atoms with Crippen LogP contribution in [-0.4, -0.2) is 24.7 Å². The summed E-state index contributed by atoms with van der Waals surface area (Å²) in [6, 6.07) is 11.8. The van der Waals surface area contributed by atoms with Crippen LogP contribution < -0.4 is 10.1 Å². The Morgan fingerprint density at radius 1 is 1.04 bits per heavy atom. The molecule has 0 saturated heterocycles. The zero-order valence-corrected chi connectivity index (χ0v) is 17.3. The molecule has 2 aromatic rings. The van der Waals surface area contributed by atoms with Gasteiger partial charge >= 0.3 is 0 Å². The number of carbonyl (C=O) groups is 1. The number of nitrogens with one attached hydrogen (secondary N) is 1. The summed E-state index contributed by atoms with van der Waals surface area (Å²) >= 11 is 0. The third-order valence-corrected chi connectivity index (χ3v) is 4.50. The van der Waals surface area contributed by atoms with Crippen molar-refractivity contribution in [2.75, 3.05) is 18.5 Å². The summed E-state index contributed by atoms with van der Waals surface area (Å²) < 4.78 is 11.8. The second-order valence-electron chi connectivity index (χ2n) is 7.64. The highest BCUT2D eigenvalue weighted by atomic mass is 16.5. The average Bonchev–Trinajstić information content (AvgIpc) is 2.65. The molecular formula is C23H33NO3. The zero-order chi connectivity index (χ0) is 19.9. The topological polar surface area (TPSA) is 47.6 Å². The summed E-state index contributed by atoms with van der Waals surface area (Å²) in [6.07, 6.45) is 2.51. The highest BCUT2D eigenvalue weighted by Gasteiger charge is 2.35. The molecule has 2 rings (SSSR count). The number of carbonyl (C=O) groups excluding carboxylic acids is 1. The summed E-state index contributed by atoms with van der Waals surface area (Å²) in [5, 5.41) is 5.08. The number of amides is 1. The van der Waals surface area contributed by atoms with Crippen molar-refractivity contribution in [2.24, 2.45) is 5.92 Å². The van der Waals surface area contributed by atoms with Gasteiger partial charge in [0.1, 0.15) is 11.4 Å². The SMILES string of the molecule is CCCOc1ccc(NC(=O)[C@](C)(CC(C)C)OCCC)c2ccccc12. The van der Waals surface area contributed by atoms with Crippen LogP contribution >= 0.6 is 0 Å². The van der Waals surface area contributed by atoms with E-state index in [0.717, 1.165) is 35.1 Å². The van der Waals surface area contributed by atoms with Crippen molar-refractivity contribution in [1.29, 1.82) is 0 Å². The predicted octanol–water partition coefficient (Wildman–Crippen LogP) is 5.80. The maximum atomic E-state index is 13.1. The van der Waals surface area contributed by atoms with Crippen molar-refractivity contribution >= 4 is 22.4 Å². The molecule has 0 spiro atoms. The Bertz CT molecular complexity index is 756. The van der Waals surface area contributed by atoms with Crippen molar-refractivity contribution in [3.05, 3.63) is 36.4 Å². The first kappa shape index (κ1) is 21.2. The molecule has 4 nitrogen and oxygen atoms in total. The average molecular weight is 372 g/mol. The van der Waals surface area contributed by atoms with Gasteiger partial charge in [-0.2, -0.15) is 0 Å². The fourth-order valence-electron chi connectivity index (χ4n) is 3.30. The van der Waals surface area contributed by atoms with Gasteiger partial charge < -0.3 is 14.8 Å². The fraction of sp³-hybridized carbons (Fsp3) is 0.522. The van der Waals surface area contributed by atoms with E-state index in [0.29, 0.717) is 25.6 Å². The molecular weight excluding hydrogens is 338 g/mol. The molecule has 4 heteroatoms. The molecule has 0 fully saturated rings. The van der Waals surface area contributed by atoms with Gasteiger partial charge in [-0.25, -0.2) is 0 Å². The van der Waals surface area contributed by atoms with E-state index < -0.39 is 5.60 Å². The molecule has 27 heavy (non-hydrogen) atoms. The van der Waals surface area contributed by atoms with Gasteiger partial charge in [-0.15, -0.1) is 0 Å². The van der Waals surface area contributed by atoms with Crippen LogP contribution in [0.2, 0.25) is 0 Å². The Morgan fingerprint density at radius 3 is 2.33 bits per heavy atom. The second-order valence-corrected chi connectivity index (χ2v) is 7.64. The van der Waals surface area contributed by atoms with Crippen molar-refractivity contribution < 1.29 is 14.3 Å².